The summed E-state index contributed by atoms with van der Waals surface area (Å²) < 4.78 is 56.9. The van der Waals surface area contributed by atoms with Crippen LogP contribution in [0, 0.1) is 11.8 Å². The Balaban J connectivity index is 1.83. The minimum Gasteiger partial charge on any atom is -0.270 e. The zero-order chi connectivity index (χ0) is 20.1. The fourth-order valence-electron chi connectivity index (χ4n) is 4.75. The van der Waals surface area contributed by atoms with Gasteiger partial charge in [0, 0.05) is 23.7 Å². The second-order valence-electron chi connectivity index (χ2n) is 7.52. The quantitative estimate of drug-likeness (QED) is 0.665. The Morgan fingerprint density at radius 3 is 1.18 bits per heavy atom. The van der Waals surface area contributed by atoms with Crippen molar-refractivity contribution < 1.29 is 25.2 Å². The van der Waals surface area contributed by atoms with Gasteiger partial charge in [0.2, 0.25) is 0 Å². The number of benzene rings is 2. The molecule has 0 N–H and O–H groups in total. The summed E-state index contributed by atoms with van der Waals surface area (Å²) in [7, 11) is -7.24. The summed E-state index contributed by atoms with van der Waals surface area (Å²) in [6, 6.07) is 16.1. The van der Waals surface area contributed by atoms with E-state index in [1.54, 1.807) is 0 Å². The summed E-state index contributed by atoms with van der Waals surface area (Å²) in [4.78, 5) is 0. The largest absolute Gasteiger partial charge is 0.270 e. The normalized spacial score (nSPS) is 25.9. The third-order valence-corrected chi connectivity index (χ3v) is 6.82. The Bertz CT molecular complexity index is 972. The van der Waals surface area contributed by atoms with Crippen LogP contribution < -0.4 is 0 Å². The third kappa shape index (κ3) is 3.61. The Hall–Kier alpha value is -1.74. The first-order chi connectivity index (χ1) is 13.2. The summed E-state index contributed by atoms with van der Waals surface area (Å²) in [6.45, 7) is -0.0269. The van der Waals surface area contributed by atoms with Crippen molar-refractivity contribution in [3.8, 4) is 0 Å². The van der Waals surface area contributed by atoms with Crippen LogP contribution in [0.4, 0.5) is 0 Å². The lowest BCUT2D eigenvalue weighted by molar-refractivity contribution is 0.104. The maximum atomic E-state index is 11.6. The highest BCUT2D eigenvalue weighted by Crippen LogP contribution is 2.58. The van der Waals surface area contributed by atoms with Gasteiger partial charge < -0.3 is 0 Å². The van der Waals surface area contributed by atoms with E-state index in [0.29, 0.717) is 0 Å². The molecule has 0 heterocycles. The maximum Gasteiger partial charge on any atom is 0.264 e. The molecule has 3 aliphatic rings. The highest BCUT2D eigenvalue weighted by molar-refractivity contribution is 7.86. The van der Waals surface area contributed by atoms with Gasteiger partial charge in [-0.05, 0) is 22.3 Å². The second kappa shape index (κ2) is 6.95. The van der Waals surface area contributed by atoms with Gasteiger partial charge in [0.15, 0.2) is 0 Å². The van der Waals surface area contributed by atoms with E-state index in [4.69, 9.17) is 8.37 Å². The van der Waals surface area contributed by atoms with Crippen molar-refractivity contribution in [1.29, 1.82) is 0 Å². The molecule has 0 fully saturated rings. The minimum atomic E-state index is -3.62. The Morgan fingerprint density at radius 1 is 0.643 bits per heavy atom. The van der Waals surface area contributed by atoms with Crippen molar-refractivity contribution in [3.63, 3.8) is 0 Å². The van der Waals surface area contributed by atoms with Crippen LogP contribution in [0.3, 0.4) is 0 Å². The summed E-state index contributed by atoms with van der Waals surface area (Å²) in [5, 5.41) is 0. The topological polar surface area (TPSA) is 86.7 Å². The van der Waals surface area contributed by atoms with Crippen LogP contribution in [0.25, 0.3) is 0 Å². The molecular formula is C20H22O6S2. The standard InChI is InChI=1S/C20H22O6S2/c1-27(21,22)25-11-17-18(12-26-28(2,23)24)20-15-9-5-3-7-13(15)19(17)14-8-4-6-10-16(14)20/h3-10,17-20H,11-12H2,1-2H3/t17-,18-,19?,20?/m1/s1. The molecule has 6 nitrogen and oxygen atoms in total. The number of rotatable bonds is 6. The zero-order valence-corrected chi connectivity index (χ0v) is 17.2. The minimum absolute atomic E-state index is 0.0134. The molecule has 0 spiro atoms. The molecule has 0 amide bonds. The Morgan fingerprint density at radius 2 is 0.929 bits per heavy atom. The van der Waals surface area contributed by atoms with Crippen molar-refractivity contribution in [2.45, 2.75) is 11.8 Å². The van der Waals surface area contributed by atoms with Crippen molar-refractivity contribution in [2.75, 3.05) is 25.7 Å². The molecule has 2 atom stereocenters. The molecule has 28 heavy (non-hydrogen) atoms. The first kappa shape index (κ1) is 19.6. The van der Waals surface area contributed by atoms with Gasteiger partial charge in [-0.1, -0.05) is 48.5 Å². The van der Waals surface area contributed by atoms with E-state index < -0.39 is 20.2 Å². The van der Waals surface area contributed by atoms with Crippen LogP contribution in [0.1, 0.15) is 34.1 Å². The molecule has 8 heteroatoms. The van der Waals surface area contributed by atoms with Crippen LogP contribution in [0.5, 0.6) is 0 Å². The number of hydrogen-bond acceptors (Lipinski definition) is 6. The fourth-order valence-corrected chi connectivity index (χ4v) is 5.56. The van der Waals surface area contributed by atoms with Gasteiger partial charge in [-0.15, -0.1) is 0 Å². The molecule has 5 rings (SSSR count). The van der Waals surface area contributed by atoms with Gasteiger partial charge in [-0.3, -0.25) is 8.37 Å². The SMILES string of the molecule is CS(=O)(=O)OC[C@H]1C2c3ccccc3C(c3ccccc32)[C@@H]1COS(C)(=O)=O. The van der Waals surface area contributed by atoms with Gasteiger partial charge in [0.25, 0.3) is 20.2 Å². The lowest BCUT2D eigenvalue weighted by Crippen LogP contribution is -2.44. The molecule has 3 aliphatic carbocycles. The predicted molar refractivity (Wildman–Crippen MR) is 105 cm³/mol. The summed E-state index contributed by atoms with van der Waals surface area (Å²) >= 11 is 0. The van der Waals surface area contributed by atoms with Crippen molar-refractivity contribution >= 4 is 20.2 Å². The molecule has 0 aromatic heterocycles. The lowest BCUT2D eigenvalue weighted by atomic mass is 9.54. The maximum absolute atomic E-state index is 11.6. The lowest BCUT2D eigenvalue weighted by Gasteiger charge is -2.50. The summed E-state index contributed by atoms with van der Waals surface area (Å²) in [5.74, 6) is -0.586. The highest BCUT2D eigenvalue weighted by atomic mass is 32.2. The molecule has 0 unspecified atom stereocenters. The molecule has 0 saturated heterocycles. The van der Waals surface area contributed by atoms with Gasteiger partial charge in [-0.25, -0.2) is 0 Å². The van der Waals surface area contributed by atoms with Gasteiger partial charge in [-0.2, -0.15) is 16.8 Å². The van der Waals surface area contributed by atoms with E-state index >= 15 is 0 Å². The van der Waals surface area contributed by atoms with Gasteiger partial charge in [0.1, 0.15) is 0 Å². The Kier molecular flexibility index (Phi) is 4.86. The molecule has 0 saturated carbocycles. The molecule has 150 valence electrons. The molecule has 2 bridgehead atoms. The molecule has 0 radical (unpaired) electrons. The smallest absolute Gasteiger partial charge is 0.264 e. The summed E-state index contributed by atoms with van der Waals surface area (Å²) in [6.07, 6.45) is 2.05. The van der Waals surface area contributed by atoms with Gasteiger partial charge >= 0.3 is 0 Å². The van der Waals surface area contributed by atoms with E-state index in [2.05, 4.69) is 24.3 Å². The molecule has 0 aliphatic heterocycles. The first-order valence-corrected chi connectivity index (χ1v) is 12.7. The second-order valence-corrected chi connectivity index (χ2v) is 10.8. The van der Waals surface area contributed by atoms with Crippen LogP contribution in [-0.2, 0) is 28.6 Å². The summed E-state index contributed by atoms with van der Waals surface area (Å²) in [5.41, 5.74) is 4.57. The van der Waals surface area contributed by atoms with Crippen LogP contribution in [0.2, 0.25) is 0 Å². The number of fused-ring (bicyclic) bond motifs is 1. The molecule has 2 aromatic rings. The van der Waals surface area contributed by atoms with E-state index in [9.17, 15) is 16.8 Å². The third-order valence-electron chi connectivity index (χ3n) is 5.69. The van der Waals surface area contributed by atoms with Crippen molar-refractivity contribution in [3.05, 3.63) is 70.8 Å². The van der Waals surface area contributed by atoms with Crippen molar-refractivity contribution in [1.82, 2.24) is 0 Å². The zero-order valence-electron chi connectivity index (χ0n) is 15.6. The molecule has 2 aromatic carbocycles. The van der Waals surface area contributed by atoms with Crippen molar-refractivity contribution in [2.24, 2.45) is 11.8 Å². The van der Waals surface area contributed by atoms with Crippen LogP contribution in [-0.4, -0.2) is 42.6 Å². The van der Waals surface area contributed by atoms with E-state index in [1.807, 2.05) is 24.3 Å². The van der Waals surface area contributed by atoms with E-state index in [0.717, 1.165) is 34.8 Å². The molecular weight excluding hydrogens is 400 g/mol. The first-order valence-electron chi connectivity index (χ1n) is 9.02. The average Bonchev–Trinajstić information content (AvgIpc) is 2.63. The van der Waals surface area contributed by atoms with E-state index in [1.165, 1.54) is 0 Å². The predicted octanol–water partition coefficient (Wildman–Crippen LogP) is 2.46. The highest BCUT2D eigenvalue weighted by Gasteiger charge is 2.50. The van der Waals surface area contributed by atoms with Crippen LogP contribution >= 0.6 is 0 Å². The average molecular weight is 423 g/mol. The van der Waals surface area contributed by atoms with E-state index in [-0.39, 0.29) is 36.9 Å². The fraction of sp³-hybridized carbons (Fsp3) is 0.400. The van der Waals surface area contributed by atoms with Gasteiger partial charge in [0.05, 0.1) is 25.7 Å². The Labute approximate surface area is 165 Å². The number of hydrogen-bond donors (Lipinski definition) is 0. The van der Waals surface area contributed by atoms with Crippen LogP contribution in [0.15, 0.2) is 48.5 Å². The monoisotopic (exact) mass is 422 g/mol.